The van der Waals surface area contributed by atoms with Crippen LogP contribution in [0.1, 0.15) is 56.8 Å². The number of carbonyl (C=O) groups is 6. The molecule has 650 valence electrons. The molecule has 0 saturated carbocycles. The van der Waals surface area contributed by atoms with E-state index < -0.39 is 60.6 Å². The summed E-state index contributed by atoms with van der Waals surface area (Å²) in [5.41, 5.74) is 7.53. The van der Waals surface area contributed by atoms with Crippen LogP contribution >= 0.6 is 0 Å². The average Bonchev–Trinajstić information content (AvgIpc) is 0.873. The number of benzene rings is 7. The number of aromatic carboxylic acids is 1. The highest BCUT2D eigenvalue weighted by atomic mass is 19.4. The fourth-order valence-electron chi connectivity index (χ4n) is 13.9. The van der Waals surface area contributed by atoms with Gasteiger partial charge in [-0.05, 0) is 128 Å². The van der Waals surface area contributed by atoms with Crippen molar-refractivity contribution in [3.05, 3.63) is 216 Å². The molecule has 2 saturated heterocycles. The van der Waals surface area contributed by atoms with Gasteiger partial charge in [0.1, 0.15) is 48.3 Å². The lowest BCUT2D eigenvalue weighted by atomic mass is 9.91. The molecule has 37 heteroatoms. The van der Waals surface area contributed by atoms with Crippen molar-refractivity contribution in [1.82, 2.24) is 74.5 Å². The van der Waals surface area contributed by atoms with E-state index in [9.17, 15) is 60.2 Å². The summed E-state index contributed by atoms with van der Waals surface area (Å²) in [6.45, 7) is 4.03. The number of carboxylic acids is 1. The molecule has 0 spiro atoms. The highest BCUT2D eigenvalue weighted by Crippen LogP contribution is 2.42. The normalized spacial score (nSPS) is 14.1. The predicted octanol–water partition coefficient (Wildman–Crippen LogP) is 10.5. The number of terminal acetylenes is 1. The number of hydrogen-bond acceptors (Lipinski definition) is 22. The van der Waals surface area contributed by atoms with Crippen molar-refractivity contribution in [2.24, 2.45) is 0 Å². The summed E-state index contributed by atoms with van der Waals surface area (Å²) in [5, 5.41) is 41.4. The first kappa shape index (κ1) is 89.5. The number of carbonyl (C=O) groups excluding carboxylic acids is 6. The van der Waals surface area contributed by atoms with E-state index in [1.165, 1.54) is 48.8 Å². The third-order valence-electron chi connectivity index (χ3n) is 20.1. The SMILES string of the molecule is C#CCCCOC(=O)N1CCN(C(=O)n2cc(-c3ccc(OC(F)(F)F)cc3)nn2)C(Cc2ccccc2)C1.CN(C)c1ccc2c(-c3ccc(C(=O)NCCOCCOCCOCCn4cc(CCCOC(=O)N5CCN(C(=O)n6cc(-c7ccc(OC(F)(F)F)cc7)nn6)C(Cc6ccccc6)C5)nn4)c(C(=O)[O-])c3)c3ccc(=[N+](C)C)cc-3oc2c1. The van der Waals surface area contributed by atoms with Gasteiger partial charge in [0.25, 0.3) is 5.91 Å². The Morgan fingerprint density at radius 2 is 1.11 bits per heavy atom. The van der Waals surface area contributed by atoms with Crippen LogP contribution in [0.25, 0.3) is 55.9 Å². The van der Waals surface area contributed by atoms with E-state index in [2.05, 4.69) is 51.6 Å². The van der Waals surface area contributed by atoms with Crippen molar-refractivity contribution in [2.75, 3.05) is 132 Å². The van der Waals surface area contributed by atoms with E-state index in [1.54, 1.807) is 36.5 Å². The molecule has 124 heavy (non-hydrogen) atoms. The maximum absolute atomic E-state index is 13.8. The molecule has 0 radical (unpaired) electrons. The fourth-order valence-corrected chi connectivity index (χ4v) is 13.9. The molecular formula is C87H90F6N16O15. The number of aromatic nitrogens is 9. The minimum Gasteiger partial charge on any atom is -0.545 e. The maximum atomic E-state index is 13.8. The van der Waals surface area contributed by atoms with E-state index in [1.807, 2.05) is 135 Å². The largest absolute Gasteiger partial charge is 0.573 e. The van der Waals surface area contributed by atoms with Crippen molar-refractivity contribution in [2.45, 2.75) is 69.9 Å². The zero-order valence-electron chi connectivity index (χ0n) is 68.2. The topological polar surface area (TPSA) is 327 Å². The minimum atomic E-state index is -4.83. The standard InChI is InChI=1S/C60H64F3N11O11.C27H26F3N5O4/c1-69(2)44-15-20-49-53(35-44)84-54-36-45(70(3)4)16-21-50(54)55(49)42-14-19-48(51(34-42)57(76)77)56(75)64-22-27-80-29-31-82-32-30-81-28-25-72-37-43(65-67-72)11-8-26-83-59(79)71-23-24-73(46(38-71)33-40-9-6-5-7-10-40)58(78)74-39-52(66-68-74)41-12-17-47(18-13-41)85-60(61,62)63;1-2-3-7-16-38-26(37)33-14-15-34(22(18-33)17-20-8-5-4-6-9-20)25(36)35-19-24(31-32-35)21-10-12-23(13-11-21)39-27(28,29)30/h5-7,9-10,12-21,34-37,39,46H,8,11,22-33,38H2,1-4H3,(H-,64,75,76,77);1,4-6,8-13,19,22H,3,7,14-18H2. The van der Waals surface area contributed by atoms with Gasteiger partial charge in [-0.3, -0.25) is 4.79 Å². The van der Waals surface area contributed by atoms with Gasteiger partial charge in [-0.1, -0.05) is 82.4 Å². The van der Waals surface area contributed by atoms with Crippen molar-refractivity contribution < 1.29 is 97.8 Å². The van der Waals surface area contributed by atoms with E-state index in [0.29, 0.717) is 98.6 Å². The van der Waals surface area contributed by atoms with E-state index in [-0.39, 0.29) is 107 Å². The van der Waals surface area contributed by atoms with E-state index in [0.717, 1.165) is 78.0 Å². The molecule has 0 bridgehead atoms. The Morgan fingerprint density at radius 3 is 1.64 bits per heavy atom. The smallest absolute Gasteiger partial charge is 0.545 e. The second kappa shape index (κ2) is 42.2. The quantitative estimate of drug-likeness (QED) is 0.0139. The highest BCUT2D eigenvalue weighted by molar-refractivity contribution is 6.08. The number of anilines is 1. The summed E-state index contributed by atoms with van der Waals surface area (Å²) in [6.07, 6.45) is 2.28. The molecule has 3 aromatic heterocycles. The molecule has 4 aliphatic rings. The van der Waals surface area contributed by atoms with Gasteiger partial charge >= 0.3 is 37.0 Å². The maximum Gasteiger partial charge on any atom is 0.573 e. The molecule has 2 atom stereocenters. The molecule has 5 amide bonds. The highest BCUT2D eigenvalue weighted by Gasteiger charge is 2.38. The summed E-state index contributed by atoms with van der Waals surface area (Å²) in [7, 11) is 7.75. The summed E-state index contributed by atoms with van der Waals surface area (Å²) < 4.78 is 123. The summed E-state index contributed by atoms with van der Waals surface area (Å²) in [6, 6.07) is 44.0. The zero-order valence-corrected chi connectivity index (χ0v) is 68.2. The van der Waals surface area contributed by atoms with Gasteiger partial charge in [0.05, 0.1) is 102 Å². The van der Waals surface area contributed by atoms with Crippen LogP contribution in [0, 0.1) is 12.3 Å². The average molecular weight is 1710 g/mol. The number of amides is 5. The molecule has 1 aliphatic carbocycles. The minimum absolute atomic E-state index is 0.0357. The fraction of sp³-hybridized carbons (Fsp3) is 0.345. The number of rotatable bonds is 31. The van der Waals surface area contributed by atoms with Crippen LogP contribution in [-0.4, -0.2) is 252 Å². The van der Waals surface area contributed by atoms with Crippen LogP contribution in [0.15, 0.2) is 187 Å². The predicted molar refractivity (Wildman–Crippen MR) is 438 cm³/mol. The Bertz CT molecular complexity index is 5550. The molecular weight excluding hydrogens is 1620 g/mol. The number of nitrogens with one attached hydrogen (secondary N) is 1. The van der Waals surface area contributed by atoms with Crippen molar-refractivity contribution in [1.29, 1.82) is 0 Å². The number of aryl methyl sites for hydroxylation is 1. The Balaban J connectivity index is 0.000000299. The number of nitrogens with zero attached hydrogens (tertiary/aromatic N) is 15. The number of hydrogen-bond donors (Lipinski definition) is 1. The van der Waals surface area contributed by atoms with E-state index in [4.69, 9.17) is 34.5 Å². The molecule has 31 nitrogen and oxygen atoms in total. The van der Waals surface area contributed by atoms with Crippen LogP contribution in [0.3, 0.4) is 0 Å². The molecule has 3 aliphatic heterocycles. The van der Waals surface area contributed by atoms with Crippen LogP contribution in [-0.2, 0) is 49.5 Å². The van der Waals surface area contributed by atoms with Crippen LogP contribution in [0.5, 0.6) is 11.5 Å². The number of carboxylic acid groups (broad SMARTS) is 1. The van der Waals surface area contributed by atoms with Crippen LogP contribution in [0.2, 0.25) is 0 Å². The second-order valence-corrected chi connectivity index (χ2v) is 29.2. The zero-order chi connectivity index (χ0) is 87.9. The monoisotopic (exact) mass is 1710 g/mol. The summed E-state index contributed by atoms with van der Waals surface area (Å²) >= 11 is 0. The van der Waals surface area contributed by atoms with Gasteiger partial charge in [-0.2, -0.15) is 9.36 Å². The number of halogens is 6. The Labute approximate surface area is 708 Å². The first-order valence-electron chi connectivity index (χ1n) is 39.7. The Morgan fingerprint density at radius 1 is 0.581 bits per heavy atom. The van der Waals surface area contributed by atoms with Crippen LogP contribution < -0.4 is 34.7 Å². The van der Waals surface area contributed by atoms with Gasteiger partial charge in [-0.15, -0.1) is 54.0 Å². The number of piperazine rings is 2. The molecule has 13 rings (SSSR count). The number of alkyl halides is 6. The first-order valence-corrected chi connectivity index (χ1v) is 39.7. The molecule has 6 aromatic carbocycles. The van der Waals surface area contributed by atoms with Gasteiger partial charge in [0.2, 0.25) is 5.36 Å². The van der Waals surface area contributed by atoms with E-state index >= 15 is 0 Å². The van der Waals surface area contributed by atoms with Gasteiger partial charge in [0.15, 0.2) is 0 Å². The molecule has 6 heterocycles. The molecule has 2 fully saturated rings. The van der Waals surface area contributed by atoms with Gasteiger partial charge in [0, 0.05) is 129 Å². The first-order chi connectivity index (χ1) is 59.7. The third-order valence-corrected chi connectivity index (χ3v) is 20.1. The second-order valence-electron chi connectivity index (χ2n) is 29.2. The van der Waals surface area contributed by atoms with Gasteiger partial charge < -0.3 is 77.3 Å². The Kier molecular flexibility index (Phi) is 30.5. The molecule has 1 N–H and O–H groups in total. The Hall–Kier alpha value is -13.7. The lowest BCUT2D eigenvalue weighted by molar-refractivity contribution is -0.275. The van der Waals surface area contributed by atoms with Crippen molar-refractivity contribution in [3.63, 3.8) is 0 Å². The number of ether oxygens (including phenoxy) is 7. The lowest BCUT2D eigenvalue weighted by Gasteiger charge is -2.40. The van der Waals surface area contributed by atoms with Crippen molar-refractivity contribution >= 4 is 52.8 Å². The number of unbranched alkanes of at least 4 members (excludes halogenated alkanes) is 1. The summed E-state index contributed by atoms with van der Waals surface area (Å²) in [4.78, 5) is 87.4. The van der Waals surface area contributed by atoms with Gasteiger partial charge in [-0.25, -0.2) is 28.4 Å². The lowest BCUT2D eigenvalue weighted by Crippen LogP contribution is -2.58. The molecule has 9 aromatic rings. The summed E-state index contributed by atoms with van der Waals surface area (Å²) in [5.74, 6) is 0.300. The third kappa shape index (κ3) is 24.8. The van der Waals surface area contributed by atoms with Crippen LogP contribution in [0.4, 0.5) is 51.2 Å². The molecule has 2 unspecified atom stereocenters. The van der Waals surface area contributed by atoms with Crippen molar-refractivity contribution in [3.8, 4) is 68.8 Å². The number of fused-ring (bicyclic) bond motifs is 2.